The van der Waals surface area contributed by atoms with E-state index in [9.17, 15) is 9.59 Å². The SMILES string of the molecule is COc1ccc(Br)c(C(=O)N2CCN(c3ccc(C(=O)NC(C)CC(C)C)cn3)CC2)c1. The van der Waals surface area contributed by atoms with E-state index in [1.807, 2.05) is 36.1 Å². The van der Waals surface area contributed by atoms with Crippen molar-refractivity contribution in [1.82, 2.24) is 15.2 Å². The van der Waals surface area contributed by atoms with Crippen LogP contribution in [-0.2, 0) is 0 Å². The molecule has 8 heteroatoms. The van der Waals surface area contributed by atoms with Gasteiger partial charge in [-0.3, -0.25) is 9.59 Å². The number of pyridine rings is 1. The molecule has 0 aliphatic carbocycles. The zero-order chi connectivity index (χ0) is 23.3. The topological polar surface area (TPSA) is 74.8 Å². The Morgan fingerprint density at radius 3 is 2.44 bits per heavy atom. The molecule has 7 nitrogen and oxygen atoms in total. The lowest BCUT2D eigenvalue weighted by Gasteiger charge is -2.35. The van der Waals surface area contributed by atoms with Crippen LogP contribution in [0.4, 0.5) is 5.82 Å². The summed E-state index contributed by atoms with van der Waals surface area (Å²) in [6.45, 7) is 8.85. The fraction of sp³-hybridized carbons (Fsp3) is 0.458. The average molecular weight is 503 g/mol. The highest BCUT2D eigenvalue weighted by molar-refractivity contribution is 9.10. The van der Waals surface area contributed by atoms with Gasteiger partial charge in [0.1, 0.15) is 11.6 Å². The number of piperazine rings is 1. The van der Waals surface area contributed by atoms with Gasteiger partial charge in [-0.25, -0.2) is 4.98 Å². The third-order valence-corrected chi connectivity index (χ3v) is 6.20. The van der Waals surface area contributed by atoms with Crippen molar-refractivity contribution in [2.24, 2.45) is 5.92 Å². The molecule has 2 aromatic rings. The molecule has 0 saturated carbocycles. The molecule has 1 aromatic carbocycles. The van der Waals surface area contributed by atoms with Gasteiger partial charge < -0.3 is 19.9 Å². The Balaban J connectivity index is 1.57. The number of aromatic nitrogens is 1. The van der Waals surface area contributed by atoms with Crippen molar-refractivity contribution in [3.8, 4) is 5.75 Å². The number of hydrogen-bond donors (Lipinski definition) is 1. The summed E-state index contributed by atoms with van der Waals surface area (Å²) in [4.78, 5) is 33.9. The Kier molecular flexibility index (Phi) is 8.12. The van der Waals surface area contributed by atoms with Crippen LogP contribution in [0.2, 0.25) is 0 Å². The fourth-order valence-corrected chi connectivity index (χ4v) is 4.30. The maximum Gasteiger partial charge on any atom is 0.255 e. The fourth-order valence-electron chi connectivity index (χ4n) is 3.88. The number of methoxy groups -OCH3 is 1. The van der Waals surface area contributed by atoms with Crippen molar-refractivity contribution in [1.29, 1.82) is 0 Å². The number of halogens is 1. The molecule has 1 atom stereocenters. The van der Waals surface area contributed by atoms with Crippen LogP contribution >= 0.6 is 15.9 Å². The molecule has 0 bridgehead atoms. The predicted molar refractivity (Wildman–Crippen MR) is 129 cm³/mol. The van der Waals surface area contributed by atoms with Crippen molar-refractivity contribution < 1.29 is 14.3 Å². The number of carbonyl (C=O) groups is 2. The standard InChI is InChI=1S/C24H31BrN4O3/c1-16(2)13-17(3)27-23(30)18-5-8-22(26-15-18)28-9-11-29(12-10-28)24(31)20-14-19(32-4)6-7-21(20)25/h5-8,14-17H,9-13H2,1-4H3,(H,27,30). The molecule has 0 spiro atoms. The summed E-state index contributed by atoms with van der Waals surface area (Å²) in [7, 11) is 1.59. The van der Waals surface area contributed by atoms with Gasteiger partial charge in [0.05, 0.1) is 18.2 Å². The number of amides is 2. The molecule has 2 amide bonds. The second kappa shape index (κ2) is 10.8. The van der Waals surface area contributed by atoms with Gasteiger partial charge in [-0.05, 0) is 65.5 Å². The third kappa shape index (κ3) is 6.00. The lowest BCUT2D eigenvalue weighted by Crippen LogP contribution is -2.49. The number of carbonyl (C=O) groups excluding carboxylic acids is 2. The van der Waals surface area contributed by atoms with Gasteiger partial charge in [-0.1, -0.05) is 13.8 Å². The van der Waals surface area contributed by atoms with Gasteiger partial charge in [0.2, 0.25) is 0 Å². The van der Waals surface area contributed by atoms with E-state index in [2.05, 4.69) is 45.0 Å². The molecule has 172 valence electrons. The summed E-state index contributed by atoms with van der Waals surface area (Å²) in [5, 5.41) is 3.02. The lowest BCUT2D eigenvalue weighted by molar-refractivity contribution is 0.0745. The van der Waals surface area contributed by atoms with E-state index in [1.54, 1.807) is 19.4 Å². The minimum atomic E-state index is -0.100. The number of rotatable bonds is 7. The monoisotopic (exact) mass is 502 g/mol. The van der Waals surface area contributed by atoms with Gasteiger partial charge in [0, 0.05) is 42.9 Å². The van der Waals surface area contributed by atoms with E-state index in [-0.39, 0.29) is 17.9 Å². The first-order valence-electron chi connectivity index (χ1n) is 10.9. The summed E-state index contributed by atoms with van der Waals surface area (Å²) >= 11 is 3.46. The van der Waals surface area contributed by atoms with Crippen LogP contribution in [0, 0.1) is 5.92 Å². The van der Waals surface area contributed by atoms with Crippen LogP contribution in [0.1, 0.15) is 47.9 Å². The molecule has 32 heavy (non-hydrogen) atoms. The number of nitrogens with one attached hydrogen (secondary N) is 1. The van der Waals surface area contributed by atoms with Crippen LogP contribution in [0.3, 0.4) is 0 Å². The highest BCUT2D eigenvalue weighted by Gasteiger charge is 2.24. The highest BCUT2D eigenvalue weighted by atomic mass is 79.9. The van der Waals surface area contributed by atoms with Crippen LogP contribution in [-0.4, -0.2) is 61.0 Å². The maximum absolute atomic E-state index is 13.0. The van der Waals surface area contributed by atoms with E-state index >= 15 is 0 Å². The average Bonchev–Trinajstić information content (AvgIpc) is 2.78. The summed E-state index contributed by atoms with van der Waals surface area (Å²) in [6.07, 6.45) is 2.56. The summed E-state index contributed by atoms with van der Waals surface area (Å²) in [5.74, 6) is 1.87. The Bertz CT molecular complexity index is 941. The van der Waals surface area contributed by atoms with E-state index in [0.717, 1.165) is 16.7 Å². The Labute approximate surface area is 198 Å². The van der Waals surface area contributed by atoms with Crippen LogP contribution in [0.15, 0.2) is 41.0 Å². The van der Waals surface area contributed by atoms with E-state index in [1.165, 1.54) is 0 Å². The lowest BCUT2D eigenvalue weighted by atomic mass is 10.1. The van der Waals surface area contributed by atoms with E-state index < -0.39 is 0 Å². The van der Waals surface area contributed by atoms with Crippen molar-refractivity contribution >= 4 is 33.6 Å². The Morgan fingerprint density at radius 1 is 1.12 bits per heavy atom. The van der Waals surface area contributed by atoms with Crippen LogP contribution < -0.4 is 15.0 Å². The van der Waals surface area contributed by atoms with E-state index in [4.69, 9.17) is 4.74 Å². The highest BCUT2D eigenvalue weighted by Crippen LogP contribution is 2.25. The third-order valence-electron chi connectivity index (χ3n) is 5.51. The second-order valence-corrected chi connectivity index (χ2v) is 9.39. The molecule has 1 aliphatic rings. The molecule has 3 rings (SSSR count). The van der Waals surface area contributed by atoms with Crippen LogP contribution in [0.25, 0.3) is 0 Å². The minimum absolute atomic E-state index is 0.0223. The molecule has 1 unspecified atom stereocenters. The zero-order valence-electron chi connectivity index (χ0n) is 19.1. The number of hydrogen-bond acceptors (Lipinski definition) is 5. The van der Waals surface area contributed by atoms with Gasteiger partial charge in [0.25, 0.3) is 11.8 Å². The summed E-state index contributed by atoms with van der Waals surface area (Å²) < 4.78 is 6.00. The summed E-state index contributed by atoms with van der Waals surface area (Å²) in [5.41, 5.74) is 1.15. The predicted octanol–water partition coefficient (Wildman–Crippen LogP) is 3.98. The Hall–Kier alpha value is -2.61. The summed E-state index contributed by atoms with van der Waals surface area (Å²) in [6, 6.07) is 9.21. The first kappa shape index (κ1) is 24.0. The minimum Gasteiger partial charge on any atom is -0.497 e. The molecule has 2 heterocycles. The number of anilines is 1. The second-order valence-electron chi connectivity index (χ2n) is 8.53. The van der Waals surface area contributed by atoms with E-state index in [0.29, 0.717) is 49.0 Å². The molecule has 0 radical (unpaired) electrons. The van der Waals surface area contributed by atoms with Gasteiger partial charge >= 0.3 is 0 Å². The van der Waals surface area contributed by atoms with Gasteiger partial charge in [0.15, 0.2) is 0 Å². The number of ether oxygens (including phenoxy) is 1. The van der Waals surface area contributed by atoms with Gasteiger partial charge in [-0.2, -0.15) is 0 Å². The molecular weight excluding hydrogens is 472 g/mol. The molecular formula is C24H31BrN4O3. The quantitative estimate of drug-likeness (QED) is 0.619. The maximum atomic E-state index is 13.0. The van der Waals surface area contributed by atoms with Crippen molar-refractivity contribution in [3.63, 3.8) is 0 Å². The molecule has 1 aromatic heterocycles. The Morgan fingerprint density at radius 2 is 1.84 bits per heavy atom. The first-order chi connectivity index (χ1) is 15.3. The number of benzene rings is 1. The van der Waals surface area contributed by atoms with Gasteiger partial charge in [-0.15, -0.1) is 0 Å². The van der Waals surface area contributed by atoms with Crippen molar-refractivity contribution in [3.05, 3.63) is 52.1 Å². The first-order valence-corrected chi connectivity index (χ1v) is 11.7. The molecule has 1 N–H and O–H groups in total. The molecule has 1 saturated heterocycles. The zero-order valence-corrected chi connectivity index (χ0v) is 20.7. The largest absolute Gasteiger partial charge is 0.497 e. The van der Waals surface area contributed by atoms with Crippen molar-refractivity contribution in [2.75, 3.05) is 38.2 Å². The number of nitrogens with zero attached hydrogens (tertiary/aromatic N) is 3. The molecule has 1 fully saturated rings. The normalized spacial score (nSPS) is 14.9. The van der Waals surface area contributed by atoms with Crippen LogP contribution in [0.5, 0.6) is 5.75 Å². The van der Waals surface area contributed by atoms with Crippen molar-refractivity contribution in [2.45, 2.75) is 33.2 Å². The smallest absolute Gasteiger partial charge is 0.255 e. The molecule has 1 aliphatic heterocycles.